The lowest BCUT2D eigenvalue weighted by Crippen LogP contribution is -2.34. The van der Waals surface area contributed by atoms with Gasteiger partial charge < -0.3 is 15.0 Å². The van der Waals surface area contributed by atoms with Crippen LogP contribution < -0.4 is 10.1 Å². The molecule has 12 heteroatoms. The zero-order valence-electron chi connectivity index (χ0n) is 15.2. The molecule has 0 radical (unpaired) electrons. The van der Waals surface area contributed by atoms with Gasteiger partial charge in [0, 0.05) is 23.2 Å². The average Bonchev–Trinajstić information content (AvgIpc) is 2.60. The van der Waals surface area contributed by atoms with Crippen LogP contribution >= 0.6 is 11.8 Å². The number of rotatable bonds is 6. The summed E-state index contributed by atoms with van der Waals surface area (Å²) in [6.07, 6.45) is -4.84. The normalized spacial score (nSPS) is 11.7. The molecule has 0 aliphatic rings. The van der Waals surface area contributed by atoms with E-state index in [1.165, 1.54) is 31.3 Å². The van der Waals surface area contributed by atoms with Crippen LogP contribution in [0.1, 0.15) is 10.4 Å². The molecule has 0 aliphatic carbocycles. The molecule has 0 fully saturated rings. The van der Waals surface area contributed by atoms with Crippen LogP contribution in [0.2, 0.25) is 0 Å². The molecule has 0 saturated carbocycles. The van der Waals surface area contributed by atoms with Crippen molar-refractivity contribution >= 4 is 29.3 Å². The molecule has 0 aliphatic heterocycles. The summed E-state index contributed by atoms with van der Waals surface area (Å²) >= 11 is -0.315. The van der Waals surface area contributed by atoms with E-state index in [0.29, 0.717) is 0 Å². The zero-order valence-corrected chi connectivity index (χ0v) is 16.0. The number of nitrogens with zero attached hydrogens (tertiary/aromatic N) is 1. The van der Waals surface area contributed by atoms with E-state index in [2.05, 4.69) is 10.1 Å². The van der Waals surface area contributed by atoms with Gasteiger partial charge in [0.2, 0.25) is 5.91 Å². The Morgan fingerprint density at radius 2 is 1.53 bits per heavy atom. The minimum Gasteiger partial charge on any atom is -0.406 e. The third-order valence-electron chi connectivity index (χ3n) is 3.43. The number of benzene rings is 2. The summed E-state index contributed by atoms with van der Waals surface area (Å²) in [6.45, 7) is -0.390. The molecular weight excluding hydrogens is 438 g/mol. The Labute approximate surface area is 171 Å². The summed E-state index contributed by atoms with van der Waals surface area (Å²) in [5.41, 5.74) is -4.17. The van der Waals surface area contributed by atoms with E-state index in [0.717, 1.165) is 29.2 Å². The monoisotopic (exact) mass is 452 g/mol. The van der Waals surface area contributed by atoms with Gasteiger partial charge in [-0.15, -0.1) is 13.2 Å². The Hall–Kier alpha value is -2.89. The van der Waals surface area contributed by atoms with Crippen LogP contribution in [-0.2, 0) is 4.79 Å². The van der Waals surface area contributed by atoms with Gasteiger partial charge in [-0.05, 0) is 60.3 Å². The second-order valence-electron chi connectivity index (χ2n) is 5.85. The Morgan fingerprint density at radius 3 is 2.03 bits per heavy atom. The smallest absolute Gasteiger partial charge is 0.406 e. The molecule has 1 N–H and O–H groups in total. The van der Waals surface area contributed by atoms with Crippen molar-refractivity contribution in [2.45, 2.75) is 16.8 Å². The Kier molecular flexibility index (Phi) is 7.24. The highest BCUT2D eigenvalue weighted by atomic mass is 32.2. The SMILES string of the molecule is CN(CC(=O)Nc1ccc(OC(F)(F)F)cc1)C(=O)c1ccc(SC(F)(F)F)cc1. The molecule has 2 aromatic rings. The Bertz CT molecular complexity index is 883. The van der Waals surface area contributed by atoms with Gasteiger partial charge in [-0.3, -0.25) is 9.59 Å². The predicted molar refractivity (Wildman–Crippen MR) is 97.1 cm³/mol. The molecule has 2 amide bonds. The van der Waals surface area contributed by atoms with E-state index < -0.39 is 36.0 Å². The molecule has 0 bridgehead atoms. The van der Waals surface area contributed by atoms with Crippen LogP contribution in [0, 0.1) is 0 Å². The first-order valence-corrected chi connectivity index (χ1v) is 8.91. The molecule has 0 heterocycles. The third kappa shape index (κ3) is 7.85. The molecular formula is C18H14F6N2O3S. The number of amides is 2. The molecule has 2 rings (SSSR count). The van der Waals surface area contributed by atoms with Gasteiger partial charge in [0.05, 0.1) is 6.54 Å². The number of hydrogen-bond acceptors (Lipinski definition) is 4. The minimum absolute atomic E-state index is 0.0857. The summed E-state index contributed by atoms with van der Waals surface area (Å²) in [5, 5.41) is 2.41. The van der Waals surface area contributed by atoms with Gasteiger partial charge in [-0.1, -0.05) is 0 Å². The van der Waals surface area contributed by atoms with Crippen LogP contribution in [-0.4, -0.2) is 42.2 Å². The highest BCUT2D eigenvalue weighted by Crippen LogP contribution is 2.36. The first-order valence-electron chi connectivity index (χ1n) is 8.09. The molecule has 0 unspecified atom stereocenters. The number of carbonyl (C=O) groups is 2. The topological polar surface area (TPSA) is 58.6 Å². The quantitative estimate of drug-likeness (QED) is 0.500. The maximum absolute atomic E-state index is 12.3. The average molecular weight is 452 g/mol. The van der Waals surface area contributed by atoms with Crippen LogP contribution in [0.25, 0.3) is 0 Å². The molecule has 0 aromatic heterocycles. The van der Waals surface area contributed by atoms with Crippen molar-refractivity contribution in [2.75, 3.05) is 18.9 Å². The van der Waals surface area contributed by atoms with Crippen molar-refractivity contribution in [1.82, 2.24) is 4.90 Å². The number of nitrogens with one attached hydrogen (secondary N) is 1. The van der Waals surface area contributed by atoms with Crippen molar-refractivity contribution in [3.05, 3.63) is 54.1 Å². The maximum Gasteiger partial charge on any atom is 0.573 e. The summed E-state index contributed by atoms with van der Waals surface area (Å²) in [7, 11) is 1.32. The molecule has 5 nitrogen and oxygen atoms in total. The second-order valence-corrected chi connectivity index (χ2v) is 6.99. The van der Waals surface area contributed by atoms with E-state index in [4.69, 9.17) is 0 Å². The fourth-order valence-corrected chi connectivity index (χ4v) is 2.79. The molecule has 162 valence electrons. The molecule has 30 heavy (non-hydrogen) atoms. The maximum atomic E-state index is 12.3. The van der Waals surface area contributed by atoms with E-state index in [1.54, 1.807) is 0 Å². The second kappa shape index (κ2) is 9.28. The van der Waals surface area contributed by atoms with E-state index in [1.807, 2.05) is 0 Å². The van der Waals surface area contributed by atoms with Crippen LogP contribution in [0.3, 0.4) is 0 Å². The highest BCUT2D eigenvalue weighted by molar-refractivity contribution is 8.00. The van der Waals surface area contributed by atoms with Gasteiger partial charge in [-0.2, -0.15) is 13.2 Å². The Balaban J connectivity index is 1.91. The number of carbonyl (C=O) groups excluding carboxylic acids is 2. The largest absolute Gasteiger partial charge is 0.573 e. The lowest BCUT2D eigenvalue weighted by molar-refractivity contribution is -0.274. The summed E-state index contributed by atoms with van der Waals surface area (Å²) in [4.78, 5) is 25.3. The van der Waals surface area contributed by atoms with Crippen LogP contribution in [0.4, 0.5) is 32.0 Å². The summed E-state index contributed by atoms with van der Waals surface area (Å²) in [6, 6.07) is 9.12. The predicted octanol–water partition coefficient (Wildman–Crippen LogP) is 4.91. The Morgan fingerprint density at radius 1 is 0.967 bits per heavy atom. The first-order chi connectivity index (χ1) is 13.8. The van der Waals surface area contributed by atoms with Crippen molar-refractivity contribution in [1.29, 1.82) is 0 Å². The summed E-state index contributed by atoms with van der Waals surface area (Å²) in [5.74, 6) is -1.68. The van der Waals surface area contributed by atoms with Crippen molar-refractivity contribution < 1.29 is 40.7 Å². The van der Waals surface area contributed by atoms with Gasteiger partial charge in [-0.25, -0.2) is 0 Å². The lowest BCUT2D eigenvalue weighted by atomic mass is 10.2. The van der Waals surface area contributed by atoms with E-state index in [9.17, 15) is 35.9 Å². The number of anilines is 1. The van der Waals surface area contributed by atoms with Crippen molar-refractivity contribution in [3.8, 4) is 5.75 Å². The first kappa shape index (κ1) is 23.4. The van der Waals surface area contributed by atoms with Gasteiger partial charge >= 0.3 is 11.9 Å². The standard InChI is InChI=1S/C18H14F6N2O3S/c1-26(16(28)11-2-8-14(9-3-11)30-18(22,23)24)10-15(27)25-12-4-6-13(7-5-12)29-17(19,20)21/h2-9H,10H2,1H3,(H,25,27). The van der Waals surface area contributed by atoms with Crippen LogP contribution in [0.5, 0.6) is 5.75 Å². The lowest BCUT2D eigenvalue weighted by Gasteiger charge is -2.17. The van der Waals surface area contributed by atoms with Crippen molar-refractivity contribution in [2.24, 2.45) is 0 Å². The van der Waals surface area contributed by atoms with Gasteiger partial charge in [0.15, 0.2) is 0 Å². The number of hydrogen-bond donors (Lipinski definition) is 1. The third-order valence-corrected chi connectivity index (χ3v) is 4.17. The van der Waals surface area contributed by atoms with E-state index >= 15 is 0 Å². The van der Waals surface area contributed by atoms with Crippen molar-refractivity contribution in [3.63, 3.8) is 0 Å². The molecule has 0 atom stereocenters. The number of halogens is 6. The highest BCUT2D eigenvalue weighted by Gasteiger charge is 2.31. The fraction of sp³-hybridized carbons (Fsp3) is 0.222. The number of alkyl halides is 6. The number of ether oxygens (including phenoxy) is 1. The zero-order chi connectivity index (χ0) is 22.5. The minimum atomic E-state index is -4.84. The molecule has 0 spiro atoms. The van der Waals surface area contributed by atoms with Gasteiger partial charge in [0.25, 0.3) is 5.91 Å². The summed E-state index contributed by atoms with van der Waals surface area (Å²) < 4.78 is 77.1. The number of thioether (sulfide) groups is 1. The molecule has 0 saturated heterocycles. The van der Waals surface area contributed by atoms with Gasteiger partial charge in [0.1, 0.15) is 5.75 Å². The van der Waals surface area contributed by atoms with E-state index in [-0.39, 0.29) is 27.9 Å². The fourth-order valence-electron chi connectivity index (χ4n) is 2.25. The van der Waals surface area contributed by atoms with Crippen LogP contribution in [0.15, 0.2) is 53.4 Å². The number of likely N-dealkylation sites (N-methyl/N-ethyl adjacent to an activating group) is 1. The molecule has 2 aromatic carbocycles.